The van der Waals surface area contributed by atoms with Gasteiger partial charge in [-0.3, -0.25) is 4.90 Å². The predicted octanol–water partition coefficient (Wildman–Crippen LogP) is 6.17. The van der Waals surface area contributed by atoms with Gasteiger partial charge < -0.3 is 10.8 Å². The van der Waals surface area contributed by atoms with Gasteiger partial charge in [0.2, 0.25) is 0 Å². The van der Waals surface area contributed by atoms with Crippen LogP contribution in [0.15, 0.2) is 60.4 Å². The van der Waals surface area contributed by atoms with Gasteiger partial charge in [-0.1, -0.05) is 32.9 Å². The quantitative estimate of drug-likeness (QED) is 0.444. The lowest BCUT2D eigenvalue weighted by Crippen LogP contribution is -2.25. The number of nitrogens with zero attached hydrogens (tertiary/aromatic N) is 2. The molecule has 1 aromatic heterocycles. The van der Waals surface area contributed by atoms with Crippen LogP contribution in [0.2, 0.25) is 0 Å². The van der Waals surface area contributed by atoms with Gasteiger partial charge in [-0.05, 0) is 42.8 Å². The molecular formula is C24H25F4N3O. The van der Waals surface area contributed by atoms with E-state index >= 15 is 0 Å². The Labute approximate surface area is 184 Å². The topological polar surface area (TPSA) is 62.4 Å². The number of aliphatic hydroxyl groups excluding tert-OH is 1. The molecule has 3 rings (SSSR count). The number of halogens is 4. The molecule has 3 aromatic rings. The molecule has 4 nitrogen and oxygen atoms in total. The first-order valence-electron chi connectivity index (χ1n) is 10.1. The molecule has 0 spiro atoms. The summed E-state index contributed by atoms with van der Waals surface area (Å²) in [5, 5.41) is 9.65. The average Bonchev–Trinajstić information content (AvgIpc) is 2.77. The van der Waals surface area contributed by atoms with Crippen molar-refractivity contribution in [1.29, 1.82) is 0 Å². The van der Waals surface area contributed by atoms with Crippen LogP contribution in [0.25, 0.3) is 11.3 Å². The van der Waals surface area contributed by atoms with E-state index < -0.39 is 35.6 Å². The van der Waals surface area contributed by atoms with Gasteiger partial charge in [0.25, 0.3) is 0 Å². The summed E-state index contributed by atoms with van der Waals surface area (Å²) in [7, 11) is 0. The van der Waals surface area contributed by atoms with Gasteiger partial charge in [-0.15, -0.1) is 0 Å². The molecule has 1 heterocycles. The Morgan fingerprint density at radius 3 is 2.22 bits per heavy atom. The minimum atomic E-state index is -0.893. The van der Waals surface area contributed by atoms with Crippen LogP contribution in [-0.4, -0.2) is 10.1 Å². The Hall–Kier alpha value is -3.39. The number of hydrogen-bond donors (Lipinski definition) is 2. The molecular weight excluding hydrogens is 422 g/mol. The molecule has 170 valence electrons. The summed E-state index contributed by atoms with van der Waals surface area (Å²) in [5.41, 5.74) is 5.80. The number of aromatic nitrogens is 1. The van der Waals surface area contributed by atoms with Crippen LogP contribution >= 0.6 is 0 Å². The standard InChI is InChI=1S/C22H19F4N3O.C2H6/c1-2-4-19(27)29(22-16(24)5-3-6-17(22)25)20-10-7-13(12-30)21(28-20)15-9-8-14(23)11-18(15)26;1-2/h3-11,30H,2,12,27H2,1H3;1-2H3/b19-4-;. The summed E-state index contributed by atoms with van der Waals surface area (Å²) in [4.78, 5) is 5.39. The molecule has 0 bridgehead atoms. The zero-order valence-corrected chi connectivity index (χ0v) is 18.0. The highest BCUT2D eigenvalue weighted by atomic mass is 19.1. The van der Waals surface area contributed by atoms with Gasteiger partial charge in [0.1, 0.15) is 40.6 Å². The molecule has 0 amide bonds. The van der Waals surface area contributed by atoms with E-state index in [0.29, 0.717) is 12.5 Å². The molecule has 0 fully saturated rings. The third kappa shape index (κ3) is 5.26. The second kappa shape index (κ2) is 11.3. The predicted molar refractivity (Wildman–Crippen MR) is 118 cm³/mol. The fraction of sp³-hybridized carbons (Fsp3) is 0.208. The Morgan fingerprint density at radius 2 is 1.66 bits per heavy atom. The summed E-state index contributed by atoms with van der Waals surface area (Å²) in [5.74, 6) is -3.40. The van der Waals surface area contributed by atoms with Crippen LogP contribution in [0.5, 0.6) is 0 Å². The van der Waals surface area contributed by atoms with E-state index in [2.05, 4.69) is 4.98 Å². The van der Waals surface area contributed by atoms with E-state index in [4.69, 9.17) is 5.73 Å². The fourth-order valence-electron chi connectivity index (χ4n) is 3.02. The Morgan fingerprint density at radius 1 is 1.00 bits per heavy atom. The summed E-state index contributed by atoms with van der Waals surface area (Å²) >= 11 is 0. The molecule has 0 aliphatic heterocycles. The first kappa shape index (κ1) is 24.9. The Balaban J connectivity index is 0.00000176. The second-order valence-corrected chi connectivity index (χ2v) is 6.40. The molecule has 0 radical (unpaired) electrons. The number of pyridine rings is 1. The maximum absolute atomic E-state index is 14.5. The number of anilines is 2. The zero-order valence-electron chi connectivity index (χ0n) is 18.0. The van der Waals surface area contributed by atoms with E-state index in [9.17, 15) is 22.7 Å². The second-order valence-electron chi connectivity index (χ2n) is 6.40. The van der Waals surface area contributed by atoms with Crippen molar-refractivity contribution in [1.82, 2.24) is 4.98 Å². The molecule has 8 heteroatoms. The van der Waals surface area contributed by atoms with Crippen LogP contribution < -0.4 is 10.6 Å². The van der Waals surface area contributed by atoms with Gasteiger partial charge in [-0.25, -0.2) is 22.5 Å². The number of aliphatic hydroxyl groups is 1. The third-order valence-corrected chi connectivity index (χ3v) is 4.38. The zero-order chi connectivity index (χ0) is 23.8. The largest absolute Gasteiger partial charge is 0.392 e. The van der Waals surface area contributed by atoms with Crippen molar-refractivity contribution >= 4 is 11.5 Å². The lowest BCUT2D eigenvalue weighted by atomic mass is 10.1. The highest BCUT2D eigenvalue weighted by Gasteiger charge is 2.23. The number of hydrogen-bond acceptors (Lipinski definition) is 4. The maximum Gasteiger partial charge on any atom is 0.150 e. The van der Waals surface area contributed by atoms with Crippen molar-refractivity contribution < 1.29 is 22.7 Å². The minimum absolute atomic E-state index is 0.00135. The highest BCUT2D eigenvalue weighted by Crippen LogP contribution is 2.34. The summed E-state index contributed by atoms with van der Waals surface area (Å²) < 4.78 is 56.8. The minimum Gasteiger partial charge on any atom is -0.392 e. The lowest BCUT2D eigenvalue weighted by molar-refractivity contribution is 0.282. The number of benzene rings is 2. The van der Waals surface area contributed by atoms with Crippen LogP contribution in [0.4, 0.5) is 29.1 Å². The van der Waals surface area contributed by atoms with Crippen LogP contribution in [-0.2, 0) is 6.61 Å². The van der Waals surface area contributed by atoms with E-state index in [-0.39, 0.29) is 28.5 Å². The van der Waals surface area contributed by atoms with Crippen molar-refractivity contribution in [3.05, 3.63) is 89.3 Å². The van der Waals surface area contributed by atoms with E-state index in [1.54, 1.807) is 13.0 Å². The van der Waals surface area contributed by atoms with Crippen molar-refractivity contribution in [2.45, 2.75) is 33.8 Å². The number of para-hydroxylation sites is 1. The van der Waals surface area contributed by atoms with Crippen molar-refractivity contribution in [3.63, 3.8) is 0 Å². The molecule has 3 N–H and O–H groups in total. The van der Waals surface area contributed by atoms with Crippen molar-refractivity contribution in [2.24, 2.45) is 5.73 Å². The first-order valence-corrected chi connectivity index (χ1v) is 10.1. The molecule has 0 saturated carbocycles. The van der Waals surface area contributed by atoms with Crippen LogP contribution in [0.1, 0.15) is 32.8 Å². The summed E-state index contributed by atoms with van der Waals surface area (Å²) in [6.07, 6.45) is 2.03. The first-order chi connectivity index (χ1) is 15.4. The smallest absolute Gasteiger partial charge is 0.150 e. The molecule has 2 aromatic carbocycles. The molecule has 0 unspecified atom stereocenters. The van der Waals surface area contributed by atoms with E-state index in [1.807, 2.05) is 13.8 Å². The molecule has 0 aliphatic carbocycles. The Bertz CT molecular complexity index is 1080. The number of rotatable bonds is 6. The third-order valence-electron chi connectivity index (χ3n) is 4.38. The summed E-state index contributed by atoms with van der Waals surface area (Å²) in [6, 6.07) is 9.12. The van der Waals surface area contributed by atoms with Crippen LogP contribution in [0, 0.1) is 23.3 Å². The number of allylic oxidation sites excluding steroid dienone is 1. The SMILES string of the molecule is CC.CC/C=C(/N)N(c1ccc(CO)c(-c2ccc(F)cc2F)n1)c1c(F)cccc1F. The lowest BCUT2D eigenvalue weighted by Gasteiger charge is -2.26. The van der Waals surface area contributed by atoms with Gasteiger partial charge in [0.05, 0.1) is 12.3 Å². The molecule has 0 atom stereocenters. The maximum atomic E-state index is 14.5. The average molecular weight is 447 g/mol. The van der Waals surface area contributed by atoms with E-state index in [0.717, 1.165) is 23.1 Å². The molecule has 0 aliphatic rings. The monoisotopic (exact) mass is 447 g/mol. The highest BCUT2D eigenvalue weighted by molar-refractivity contribution is 5.71. The van der Waals surface area contributed by atoms with Gasteiger partial charge in [0, 0.05) is 17.2 Å². The van der Waals surface area contributed by atoms with Gasteiger partial charge in [0.15, 0.2) is 0 Å². The number of nitrogens with two attached hydrogens (primary N) is 1. The van der Waals surface area contributed by atoms with Gasteiger partial charge >= 0.3 is 0 Å². The van der Waals surface area contributed by atoms with E-state index in [1.165, 1.54) is 24.3 Å². The van der Waals surface area contributed by atoms with Crippen molar-refractivity contribution in [3.8, 4) is 11.3 Å². The fourth-order valence-corrected chi connectivity index (χ4v) is 3.02. The summed E-state index contributed by atoms with van der Waals surface area (Å²) in [6.45, 7) is 5.32. The molecule has 32 heavy (non-hydrogen) atoms. The van der Waals surface area contributed by atoms with Crippen LogP contribution in [0.3, 0.4) is 0 Å². The normalized spacial score (nSPS) is 11.1. The van der Waals surface area contributed by atoms with Crippen molar-refractivity contribution in [2.75, 3.05) is 4.90 Å². The molecule has 0 saturated heterocycles. The van der Waals surface area contributed by atoms with Gasteiger partial charge in [-0.2, -0.15) is 0 Å². The Kier molecular flexibility index (Phi) is 8.78.